The van der Waals surface area contributed by atoms with Gasteiger partial charge in [0.1, 0.15) is 17.4 Å². The van der Waals surface area contributed by atoms with Gasteiger partial charge >= 0.3 is 0 Å². The smallest absolute Gasteiger partial charge is 0.162 e. The highest BCUT2D eigenvalue weighted by Crippen LogP contribution is 2.30. The molecule has 0 aliphatic carbocycles. The van der Waals surface area contributed by atoms with E-state index in [9.17, 15) is 0 Å². The molecule has 0 aliphatic heterocycles. The first-order valence-corrected chi connectivity index (χ1v) is 8.41. The van der Waals surface area contributed by atoms with Crippen LogP contribution >= 0.6 is 11.3 Å². The van der Waals surface area contributed by atoms with Gasteiger partial charge in [-0.2, -0.15) is 5.26 Å². The van der Waals surface area contributed by atoms with Gasteiger partial charge in [0.25, 0.3) is 0 Å². The summed E-state index contributed by atoms with van der Waals surface area (Å²) in [5.41, 5.74) is 2.36. The van der Waals surface area contributed by atoms with Gasteiger partial charge in [0.05, 0.1) is 31.5 Å². The number of nitrogens with zero attached hydrogens (tertiary/aromatic N) is 2. The van der Waals surface area contributed by atoms with Gasteiger partial charge in [0, 0.05) is 17.0 Å². The van der Waals surface area contributed by atoms with Crippen LogP contribution in [0.4, 0.5) is 0 Å². The number of aromatic nitrogens is 1. The van der Waals surface area contributed by atoms with Gasteiger partial charge in [-0.25, -0.2) is 4.98 Å². The van der Waals surface area contributed by atoms with Crippen LogP contribution in [0.25, 0.3) is 10.6 Å². The van der Waals surface area contributed by atoms with E-state index in [0.717, 1.165) is 22.0 Å². The van der Waals surface area contributed by atoms with E-state index < -0.39 is 0 Å². The molecule has 0 saturated heterocycles. The number of nitriles is 1. The van der Waals surface area contributed by atoms with Crippen molar-refractivity contribution in [3.05, 3.63) is 59.1 Å². The van der Waals surface area contributed by atoms with E-state index >= 15 is 0 Å². The van der Waals surface area contributed by atoms with Crippen LogP contribution in [0.2, 0.25) is 0 Å². The minimum atomic E-state index is 0.322. The number of hydrogen-bond donors (Lipinski definition) is 0. The van der Waals surface area contributed by atoms with Crippen LogP contribution in [0.5, 0.6) is 17.2 Å². The second-order valence-corrected chi connectivity index (χ2v) is 6.00. The third-order valence-corrected chi connectivity index (χ3v) is 4.48. The average Bonchev–Trinajstić information content (AvgIpc) is 3.15. The van der Waals surface area contributed by atoms with E-state index in [-0.39, 0.29) is 0 Å². The van der Waals surface area contributed by atoms with E-state index in [1.165, 1.54) is 0 Å². The maximum absolute atomic E-state index is 8.94. The van der Waals surface area contributed by atoms with E-state index in [4.69, 9.17) is 19.5 Å². The minimum Gasteiger partial charge on any atom is -0.497 e. The summed E-state index contributed by atoms with van der Waals surface area (Å²) >= 11 is 1.55. The lowest BCUT2D eigenvalue weighted by Crippen LogP contribution is -1.98. The maximum Gasteiger partial charge on any atom is 0.162 e. The Balaban J connectivity index is 1.73. The Bertz CT molecular complexity index is 915. The van der Waals surface area contributed by atoms with Crippen molar-refractivity contribution in [1.29, 1.82) is 5.26 Å². The number of thiazole rings is 1. The standard InChI is InChI=1S/C19H16N2O3S/c1-22-16-5-3-4-14(9-16)19-21-15(12-25-19)11-24-17-7-6-13(10-20)8-18(17)23-2/h3-9,12H,11H2,1-2H3. The quantitative estimate of drug-likeness (QED) is 0.662. The first-order valence-electron chi connectivity index (χ1n) is 7.53. The van der Waals surface area contributed by atoms with Gasteiger partial charge in [-0.05, 0) is 24.3 Å². The van der Waals surface area contributed by atoms with Crippen molar-refractivity contribution in [3.8, 4) is 33.9 Å². The lowest BCUT2D eigenvalue weighted by molar-refractivity contribution is 0.281. The lowest BCUT2D eigenvalue weighted by Gasteiger charge is -2.09. The number of methoxy groups -OCH3 is 2. The highest BCUT2D eigenvalue weighted by atomic mass is 32.1. The predicted molar refractivity (Wildman–Crippen MR) is 96.1 cm³/mol. The molecule has 1 aromatic heterocycles. The van der Waals surface area contributed by atoms with Crippen LogP contribution in [0.3, 0.4) is 0 Å². The van der Waals surface area contributed by atoms with Crippen LogP contribution in [-0.4, -0.2) is 19.2 Å². The zero-order valence-corrected chi connectivity index (χ0v) is 14.7. The Morgan fingerprint density at radius 2 is 1.96 bits per heavy atom. The van der Waals surface area contributed by atoms with E-state index in [0.29, 0.717) is 23.7 Å². The SMILES string of the molecule is COc1cccc(-c2nc(COc3ccc(C#N)cc3OC)cs2)c1. The molecule has 3 rings (SSSR count). The number of ether oxygens (including phenoxy) is 3. The second kappa shape index (κ2) is 7.69. The molecule has 0 unspecified atom stereocenters. The molecule has 0 atom stereocenters. The molecule has 0 radical (unpaired) electrons. The molecule has 0 fully saturated rings. The Labute approximate surface area is 150 Å². The van der Waals surface area contributed by atoms with Crippen LogP contribution < -0.4 is 14.2 Å². The Hall–Kier alpha value is -3.04. The van der Waals surface area contributed by atoms with Crippen molar-refractivity contribution in [2.24, 2.45) is 0 Å². The summed E-state index contributed by atoms with van der Waals surface area (Å²) in [5.74, 6) is 1.91. The highest BCUT2D eigenvalue weighted by Gasteiger charge is 2.09. The van der Waals surface area contributed by atoms with Gasteiger partial charge < -0.3 is 14.2 Å². The molecule has 0 amide bonds. The lowest BCUT2D eigenvalue weighted by atomic mass is 10.2. The minimum absolute atomic E-state index is 0.322. The molecule has 0 aliphatic rings. The van der Waals surface area contributed by atoms with Crippen molar-refractivity contribution < 1.29 is 14.2 Å². The van der Waals surface area contributed by atoms with E-state index in [1.807, 2.05) is 29.6 Å². The summed E-state index contributed by atoms with van der Waals surface area (Å²) in [7, 11) is 3.19. The normalized spacial score (nSPS) is 10.1. The van der Waals surface area contributed by atoms with Gasteiger partial charge in [-0.3, -0.25) is 0 Å². The molecule has 0 spiro atoms. The van der Waals surface area contributed by atoms with Crippen LogP contribution in [0.15, 0.2) is 47.8 Å². The van der Waals surface area contributed by atoms with Crippen molar-refractivity contribution >= 4 is 11.3 Å². The molecular formula is C19H16N2O3S. The Morgan fingerprint density at radius 3 is 2.72 bits per heavy atom. The summed E-state index contributed by atoms with van der Waals surface area (Å²) in [6.07, 6.45) is 0. The molecule has 3 aromatic rings. The van der Waals surface area contributed by atoms with Crippen molar-refractivity contribution in [1.82, 2.24) is 4.98 Å². The fraction of sp³-hybridized carbons (Fsp3) is 0.158. The van der Waals surface area contributed by atoms with Crippen molar-refractivity contribution in [2.75, 3.05) is 14.2 Å². The topological polar surface area (TPSA) is 64.4 Å². The predicted octanol–water partition coefficient (Wildman–Crippen LogP) is 4.28. The molecule has 0 N–H and O–H groups in total. The number of hydrogen-bond acceptors (Lipinski definition) is 6. The van der Waals surface area contributed by atoms with Crippen LogP contribution in [0, 0.1) is 11.3 Å². The zero-order chi connectivity index (χ0) is 17.6. The monoisotopic (exact) mass is 352 g/mol. The van der Waals surface area contributed by atoms with Gasteiger partial charge in [0.2, 0.25) is 0 Å². The third kappa shape index (κ3) is 3.90. The van der Waals surface area contributed by atoms with Crippen molar-refractivity contribution in [3.63, 3.8) is 0 Å². The van der Waals surface area contributed by atoms with Gasteiger partial charge in [-0.1, -0.05) is 12.1 Å². The molecule has 25 heavy (non-hydrogen) atoms. The largest absolute Gasteiger partial charge is 0.497 e. The molecule has 126 valence electrons. The summed E-state index contributed by atoms with van der Waals surface area (Å²) in [5, 5.41) is 11.8. The maximum atomic E-state index is 8.94. The van der Waals surface area contributed by atoms with Gasteiger partial charge in [-0.15, -0.1) is 11.3 Å². The van der Waals surface area contributed by atoms with Crippen molar-refractivity contribution in [2.45, 2.75) is 6.61 Å². The van der Waals surface area contributed by atoms with Gasteiger partial charge in [0.15, 0.2) is 11.5 Å². The summed E-state index contributed by atoms with van der Waals surface area (Å²) in [4.78, 5) is 4.60. The van der Waals surface area contributed by atoms with E-state index in [2.05, 4.69) is 11.1 Å². The number of rotatable bonds is 6. The Kier molecular flexibility index (Phi) is 5.17. The molecular weight excluding hydrogens is 336 g/mol. The fourth-order valence-electron chi connectivity index (χ4n) is 2.27. The first-order chi connectivity index (χ1) is 12.2. The molecule has 0 bridgehead atoms. The highest BCUT2D eigenvalue weighted by molar-refractivity contribution is 7.13. The first kappa shape index (κ1) is 16.8. The molecule has 2 aromatic carbocycles. The molecule has 0 saturated carbocycles. The third-order valence-electron chi connectivity index (χ3n) is 3.54. The zero-order valence-electron chi connectivity index (χ0n) is 13.9. The fourth-order valence-corrected chi connectivity index (χ4v) is 3.07. The summed E-state index contributed by atoms with van der Waals surface area (Å²) in [6.45, 7) is 0.322. The molecule has 5 nitrogen and oxygen atoms in total. The summed E-state index contributed by atoms with van der Waals surface area (Å²) < 4.78 is 16.3. The second-order valence-electron chi connectivity index (χ2n) is 5.14. The Morgan fingerprint density at radius 1 is 1.08 bits per heavy atom. The number of benzene rings is 2. The average molecular weight is 352 g/mol. The summed E-state index contributed by atoms with van der Waals surface area (Å²) in [6, 6.07) is 14.9. The van der Waals surface area contributed by atoms with Crippen LogP contribution in [-0.2, 0) is 6.61 Å². The van der Waals surface area contributed by atoms with Crippen LogP contribution in [0.1, 0.15) is 11.3 Å². The molecule has 1 heterocycles. The van der Waals surface area contributed by atoms with E-state index in [1.54, 1.807) is 43.8 Å². The molecule has 6 heteroatoms.